The summed E-state index contributed by atoms with van der Waals surface area (Å²) in [6.45, 7) is 3.61. The van der Waals surface area contributed by atoms with Crippen molar-refractivity contribution in [2.24, 2.45) is 5.92 Å². The first-order valence-corrected chi connectivity index (χ1v) is 28.9. The highest BCUT2D eigenvalue weighted by Crippen LogP contribution is 2.45. The maximum absolute atomic E-state index is 9.83. The molecule has 0 saturated carbocycles. The molecule has 0 aromatic heterocycles. The Hall–Kier alpha value is -7.70. The fourth-order valence-electron chi connectivity index (χ4n) is 8.98. The van der Waals surface area contributed by atoms with Crippen LogP contribution in [0.4, 0.5) is 0 Å². The second-order valence-electron chi connectivity index (χ2n) is 18.9. The first-order chi connectivity index (χ1) is 42.5. The summed E-state index contributed by atoms with van der Waals surface area (Å²) in [6.07, 6.45) is 33.5. The molecule has 5 aromatic rings. The Balaban J connectivity index is 0.000000629. The molecule has 8 rings (SSSR count). The van der Waals surface area contributed by atoms with E-state index in [0.717, 1.165) is 68.5 Å². The van der Waals surface area contributed by atoms with Crippen LogP contribution < -0.4 is 18.9 Å². The molecule has 0 bridgehead atoms. The molecule has 3 aliphatic rings. The summed E-state index contributed by atoms with van der Waals surface area (Å²) in [5.41, 5.74) is 13.0. The van der Waals surface area contributed by atoms with Crippen LogP contribution in [0.3, 0.4) is 0 Å². The van der Waals surface area contributed by atoms with Gasteiger partial charge >= 0.3 is 0 Å². The molecule has 468 valence electrons. The van der Waals surface area contributed by atoms with Crippen LogP contribution in [0.15, 0.2) is 204 Å². The maximum Gasteiger partial charge on any atom is 0.123 e. The lowest BCUT2D eigenvalue weighted by Crippen LogP contribution is -2.13. The summed E-state index contributed by atoms with van der Waals surface area (Å²) in [5, 5.41) is 98.8. The molecule has 5 aromatic carbocycles. The van der Waals surface area contributed by atoms with Crippen LogP contribution in [-0.2, 0) is 0 Å². The second-order valence-corrected chi connectivity index (χ2v) is 18.9. The fourth-order valence-corrected chi connectivity index (χ4v) is 8.98. The lowest BCUT2D eigenvalue weighted by Gasteiger charge is -2.26. The minimum atomic E-state index is -0.176. The fraction of sp³-hybridized carbons (Fsp3) is 0.324. The molecule has 0 radical (unpaired) electrons. The van der Waals surface area contributed by atoms with Gasteiger partial charge in [-0.25, -0.2) is 0 Å². The number of aliphatic hydroxyl groups excluding tert-OH is 12. The van der Waals surface area contributed by atoms with Crippen molar-refractivity contribution in [3.8, 4) is 57.6 Å². The van der Waals surface area contributed by atoms with Crippen molar-refractivity contribution >= 4 is 0 Å². The predicted octanol–water partition coefficient (Wildman–Crippen LogP) is 7.68. The molecule has 87 heavy (non-hydrogen) atoms. The van der Waals surface area contributed by atoms with Gasteiger partial charge in [0.2, 0.25) is 0 Å². The summed E-state index contributed by atoms with van der Waals surface area (Å²) in [4.78, 5) is 0. The lowest BCUT2D eigenvalue weighted by atomic mass is 9.79. The predicted molar refractivity (Wildman–Crippen MR) is 343 cm³/mol. The smallest absolute Gasteiger partial charge is 0.123 e. The van der Waals surface area contributed by atoms with Gasteiger partial charge in [0.1, 0.15) is 49.4 Å². The van der Waals surface area contributed by atoms with E-state index in [2.05, 4.69) is 110 Å². The van der Waals surface area contributed by atoms with Gasteiger partial charge in [0, 0.05) is 28.9 Å². The Morgan fingerprint density at radius 1 is 0.494 bits per heavy atom. The molecule has 3 aliphatic carbocycles. The molecule has 16 heteroatoms. The number of hydrogen-bond donors (Lipinski definition) is 12. The third-order valence-corrected chi connectivity index (χ3v) is 12.9. The topological polar surface area (TPSA) is 280 Å². The molecule has 0 fully saturated rings. The number of benzene rings is 5. The van der Waals surface area contributed by atoms with Gasteiger partial charge in [-0.2, -0.15) is 0 Å². The molecule has 16 nitrogen and oxygen atoms in total. The van der Waals surface area contributed by atoms with Crippen LogP contribution >= 0.6 is 0 Å². The van der Waals surface area contributed by atoms with Crippen molar-refractivity contribution in [3.63, 3.8) is 0 Å². The van der Waals surface area contributed by atoms with Gasteiger partial charge in [-0.1, -0.05) is 134 Å². The van der Waals surface area contributed by atoms with Crippen LogP contribution in [0.2, 0.25) is 0 Å². The summed E-state index contributed by atoms with van der Waals surface area (Å²) in [7, 11) is 0. The van der Waals surface area contributed by atoms with Crippen LogP contribution in [-0.4, -0.2) is 167 Å². The van der Waals surface area contributed by atoms with Gasteiger partial charge in [0.15, 0.2) is 0 Å². The van der Waals surface area contributed by atoms with Crippen LogP contribution in [0.5, 0.6) is 23.0 Å². The highest BCUT2D eigenvalue weighted by atomic mass is 16.5. The van der Waals surface area contributed by atoms with E-state index < -0.39 is 0 Å². The van der Waals surface area contributed by atoms with Crippen LogP contribution in [0.25, 0.3) is 22.3 Å². The molecule has 0 saturated heterocycles. The van der Waals surface area contributed by atoms with E-state index in [1.807, 2.05) is 85.8 Å². The van der Waals surface area contributed by atoms with Crippen molar-refractivity contribution in [3.05, 3.63) is 227 Å². The highest BCUT2D eigenvalue weighted by Gasteiger charge is 2.29. The third-order valence-electron chi connectivity index (χ3n) is 12.9. The standard InChI is InChI=1S/C53H54O8.C10H10.4C2H6O2/c1-4-6-7-38(5-2)43-12-13-46(34-43)53(50-36-45(19-25-52(50)61-33-29-57)41-16-22-48(23-17-41)59-31-27-55)42-10-8-39(9-11-42)37(3)49-35-44(18-24-51(49)60-32-28-56)40-14-20-47(21-15-40)58-30-26-54;1-2-6-9(5-1)10-7-3-4-8-10;4*3-1-2-4/h1,5-25,34-37,46,53-57H,26-33H2,2-3H3;1,3,5-8H,2,4H2;4*3-4H,1-2H2/b7-6-,38-5+;;;;;. The Bertz CT molecular complexity index is 2950. The first-order valence-electron chi connectivity index (χ1n) is 28.9. The molecule has 0 spiro atoms. The molecule has 0 amide bonds. The van der Waals surface area contributed by atoms with E-state index in [1.54, 1.807) is 6.08 Å². The zero-order valence-electron chi connectivity index (χ0n) is 49.9. The number of hydrogen-bond acceptors (Lipinski definition) is 16. The van der Waals surface area contributed by atoms with Crippen LogP contribution in [0.1, 0.15) is 60.8 Å². The van der Waals surface area contributed by atoms with Crippen LogP contribution in [0, 0.1) is 18.3 Å². The summed E-state index contributed by atoms with van der Waals surface area (Å²) in [5.74, 6) is 5.07. The largest absolute Gasteiger partial charge is 0.491 e. The van der Waals surface area contributed by atoms with Gasteiger partial charge in [0.05, 0.1) is 79.3 Å². The van der Waals surface area contributed by atoms with Gasteiger partial charge < -0.3 is 80.2 Å². The zero-order chi connectivity index (χ0) is 63.4. The molecule has 0 aliphatic heterocycles. The lowest BCUT2D eigenvalue weighted by molar-refractivity contribution is 0.186. The van der Waals surface area contributed by atoms with Crippen molar-refractivity contribution in [2.75, 3.05) is 106 Å². The molecule has 3 unspecified atom stereocenters. The average molecular weight is 1200 g/mol. The monoisotopic (exact) mass is 1200 g/mol. The van der Waals surface area contributed by atoms with Gasteiger partial charge in [-0.05, 0) is 136 Å². The summed E-state index contributed by atoms with van der Waals surface area (Å²) >= 11 is 0. The quantitative estimate of drug-likeness (QED) is 0.0187. The summed E-state index contributed by atoms with van der Waals surface area (Å²) < 4.78 is 23.5. The van der Waals surface area contributed by atoms with Crippen molar-refractivity contribution < 1.29 is 80.2 Å². The molecule has 3 atom stereocenters. The van der Waals surface area contributed by atoms with E-state index in [0.29, 0.717) is 23.0 Å². The van der Waals surface area contributed by atoms with Crippen molar-refractivity contribution in [1.82, 2.24) is 0 Å². The maximum atomic E-state index is 9.83. The molecule has 0 heterocycles. The normalized spacial score (nSPS) is 14.1. The van der Waals surface area contributed by atoms with E-state index in [9.17, 15) is 15.3 Å². The number of terminal acetylenes is 1. The van der Waals surface area contributed by atoms with E-state index >= 15 is 0 Å². The van der Waals surface area contributed by atoms with Crippen molar-refractivity contribution in [2.45, 2.75) is 38.5 Å². The Morgan fingerprint density at radius 3 is 1.29 bits per heavy atom. The number of rotatable bonds is 26. The third kappa shape index (κ3) is 25.7. The average Bonchev–Trinajstić information content (AvgIpc) is 1.91. The van der Waals surface area contributed by atoms with Crippen molar-refractivity contribution in [1.29, 1.82) is 0 Å². The SMILES string of the molecule is C#C/C=C\C(=C/C)C1=CC(C(c2ccc(C(C)c3cc(-c4ccc(OCCO)cc4)ccc3OCCO)cc2)c2cc(-c3ccc(OCCO)cc3)ccc2OCCO)C=C1.C1=CC(C2=CCC=C2)=CC1.OCCO.OCCO.OCCO.OCCO. The van der Waals surface area contributed by atoms with Gasteiger partial charge in [0.25, 0.3) is 0 Å². The minimum absolute atomic E-state index is 0.0507. The number of ether oxygens (including phenoxy) is 4. The second kappa shape index (κ2) is 44.7. The molecule has 12 N–H and O–H groups in total. The zero-order valence-corrected chi connectivity index (χ0v) is 49.9. The van der Waals surface area contributed by atoms with Gasteiger partial charge in [-0.3, -0.25) is 0 Å². The number of aliphatic hydroxyl groups is 12. The first kappa shape index (κ1) is 73.6. The molecular weight excluding hydrogens is 1110 g/mol. The number of allylic oxidation sites excluding steroid dienone is 16. The van der Waals surface area contributed by atoms with E-state index in [1.165, 1.54) is 11.1 Å². The van der Waals surface area contributed by atoms with E-state index in [4.69, 9.17) is 71.3 Å². The van der Waals surface area contributed by atoms with Gasteiger partial charge in [-0.15, -0.1) is 6.42 Å². The molecular formula is C71H88O16. The Labute approximate surface area is 512 Å². The summed E-state index contributed by atoms with van der Waals surface area (Å²) in [6, 6.07) is 36.6. The Kier molecular flexibility index (Phi) is 37.8. The Morgan fingerprint density at radius 2 is 0.897 bits per heavy atom. The highest BCUT2D eigenvalue weighted by molar-refractivity contribution is 5.69. The minimum Gasteiger partial charge on any atom is -0.491 e. The van der Waals surface area contributed by atoms with E-state index in [-0.39, 0.29) is 123 Å².